The normalized spacial score (nSPS) is 11.5. The van der Waals surface area contributed by atoms with E-state index in [1.165, 1.54) is 20.2 Å². The van der Waals surface area contributed by atoms with Crippen molar-refractivity contribution < 1.29 is 31.3 Å². The Morgan fingerprint density at radius 3 is 1.78 bits per heavy atom. The van der Waals surface area contributed by atoms with E-state index in [1.807, 2.05) is 0 Å². The number of carbonyl (C=O) groups excluding carboxylic acids is 1. The minimum absolute atomic E-state index is 0.0229. The van der Waals surface area contributed by atoms with Crippen LogP contribution in [0.15, 0.2) is 99.6 Å². The van der Waals surface area contributed by atoms with E-state index < -0.39 is 21.3 Å². The number of carbonyl (C=O) groups is 1. The van der Waals surface area contributed by atoms with Crippen molar-refractivity contribution in [2.45, 2.75) is 46.1 Å². The van der Waals surface area contributed by atoms with E-state index in [0.29, 0.717) is 12.8 Å². The van der Waals surface area contributed by atoms with Crippen molar-refractivity contribution in [3.8, 4) is 0 Å². The van der Waals surface area contributed by atoms with Gasteiger partial charge in [-0.2, -0.15) is 8.78 Å². The summed E-state index contributed by atoms with van der Waals surface area (Å²) in [6.45, 7) is 1.80. The van der Waals surface area contributed by atoms with E-state index >= 15 is 0 Å². The molecule has 0 spiro atoms. The summed E-state index contributed by atoms with van der Waals surface area (Å²) in [5.74, 6) is -2.32. The molecule has 0 bridgehead atoms. The van der Waals surface area contributed by atoms with Crippen LogP contribution in [0, 0.1) is 6.92 Å². The Balaban J connectivity index is 0.000000262. The third kappa shape index (κ3) is 8.99. The molecule has 0 amide bonds. The minimum Gasteiger partial charge on any atom is -0.743 e. The summed E-state index contributed by atoms with van der Waals surface area (Å²) in [6, 6.07) is 30.4. The Kier molecular flexibility index (Phi) is 12.0. The van der Waals surface area contributed by atoms with Crippen LogP contribution < -0.4 is 0 Å². The van der Waals surface area contributed by atoms with E-state index in [1.54, 1.807) is 0 Å². The van der Waals surface area contributed by atoms with Gasteiger partial charge in [0, 0.05) is 5.33 Å². The maximum absolute atomic E-state index is 12.5. The van der Waals surface area contributed by atoms with Crippen LogP contribution in [0.3, 0.4) is 0 Å². The first-order chi connectivity index (χ1) is 17.1. The summed E-state index contributed by atoms with van der Waals surface area (Å²) in [7, 11) is -6.04. The van der Waals surface area contributed by atoms with E-state index in [-0.39, 0.29) is 17.5 Å². The second-order valence-electron chi connectivity index (χ2n) is 7.60. The molecule has 0 aliphatic rings. The highest BCUT2D eigenvalue weighted by Gasteiger charge is 2.48. The van der Waals surface area contributed by atoms with Gasteiger partial charge in [-0.05, 0) is 62.6 Å². The number of unbranched alkanes of at least 4 members (excludes halogenated alkanes) is 2. The van der Waals surface area contributed by atoms with E-state index in [9.17, 15) is 26.5 Å². The fourth-order valence-corrected chi connectivity index (χ4v) is 5.66. The minimum atomic E-state index is -6.01. The van der Waals surface area contributed by atoms with Gasteiger partial charge in [0.05, 0.1) is 17.5 Å². The number of esters is 1. The quantitative estimate of drug-likeness (QED) is 0.0893. The van der Waals surface area contributed by atoms with Gasteiger partial charge in [0.25, 0.3) is 0 Å². The summed E-state index contributed by atoms with van der Waals surface area (Å²) < 4.78 is 59.1. The van der Waals surface area contributed by atoms with Gasteiger partial charge in [-0.15, -0.1) is 0 Å². The third-order valence-electron chi connectivity index (χ3n) is 4.78. The molecule has 0 aliphatic carbocycles. The molecule has 0 atom stereocenters. The van der Waals surface area contributed by atoms with Crippen molar-refractivity contribution in [3.05, 3.63) is 90.5 Å². The van der Waals surface area contributed by atoms with Gasteiger partial charge in [0.1, 0.15) is 0 Å². The molecule has 5 nitrogen and oxygen atoms in total. The molecule has 0 fully saturated rings. The van der Waals surface area contributed by atoms with Crippen LogP contribution in [0.2, 0.25) is 0 Å². The van der Waals surface area contributed by atoms with Crippen LogP contribution in [-0.2, 0) is 30.5 Å². The van der Waals surface area contributed by atoms with Crippen molar-refractivity contribution >= 4 is 42.9 Å². The highest BCUT2D eigenvalue weighted by Crippen LogP contribution is 2.30. The molecule has 0 saturated heterocycles. The molecule has 0 N–H and O–H groups in total. The van der Waals surface area contributed by atoms with Gasteiger partial charge in [-0.25, -0.2) is 13.2 Å². The number of benzene rings is 3. The number of halogens is 3. The van der Waals surface area contributed by atoms with Gasteiger partial charge in [0.15, 0.2) is 24.8 Å². The summed E-state index contributed by atoms with van der Waals surface area (Å²) in [6.07, 6.45) is 1.73. The maximum atomic E-state index is 12.5. The molecule has 10 heteroatoms. The summed E-state index contributed by atoms with van der Waals surface area (Å²) >= 11 is 3.14. The molecule has 3 aromatic carbocycles. The number of alkyl halides is 3. The van der Waals surface area contributed by atoms with Crippen LogP contribution >= 0.6 is 15.9 Å². The zero-order chi connectivity index (χ0) is 26.6. The molecular formula is C26H27BrF2O5S2. The lowest BCUT2D eigenvalue weighted by molar-refractivity contribution is -0.161. The van der Waals surface area contributed by atoms with Crippen molar-refractivity contribution in [3.63, 3.8) is 0 Å². The van der Waals surface area contributed by atoms with Crippen molar-refractivity contribution in [2.24, 2.45) is 0 Å². The van der Waals surface area contributed by atoms with Gasteiger partial charge >= 0.3 is 11.2 Å². The summed E-state index contributed by atoms with van der Waals surface area (Å²) in [5.41, 5.74) is 1.30. The Labute approximate surface area is 222 Å². The Morgan fingerprint density at radius 1 is 0.861 bits per heavy atom. The van der Waals surface area contributed by atoms with Gasteiger partial charge in [-0.3, -0.25) is 0 Å². The summed E-state index contributed by atoms with van der Waals surface area (Å²) in [4.78, 5) is 14.7. The molecule has 0 unspecified atom stereocenters. The Hall–Kier alpha value is -2.27. The van der Waals surface area contributed by atoms with Crippen LogP contribution in [0.25, 0.3) is 0 Å². The first-order valence-corrected chi connectivity index (χ1v) is 14.8. The molecule has 0 heterocycles. The average molecular weight is 602 g/mol. The standard InChI is InChI=1S/C19H17S.C7H11BrF2O5S/c1-16-12-14-19(15-13-16)20(17-8-4-2-5-9-17)18-10-6-3-7-11-18;8-4-2-1-3-5-15-6(11)7(9,10)16(12,13)14/h2-15H,1H3;1-5H2,(H,12,13,14)/q+1;/p-1. The SMILES string of the molecule is Cc1ccc([S+](c2ccccc2)c2ccccc2)cc1.O=C(OCCCCCBr)C(F)(F)S(=O)(=O)[O-]. The lowest BCUT2D eigenvalue weighted by Gasteiger charge is -2.17. The molecule has 0 saturated carbocycles. The lowest BCUT2D eigenvalue weighted by atomic mass is 10.2. The van der Waals surface area contributed by atoms with E-state index in [4.69, 9.17) is 0 Å². The second kappa shape index (κ2) is 14.5. The predicted octanol–water partition coefficient (Wildman–Crippen LogP) is 6.32. The predicted molar refractivity (Wildman–Crippen MR) is 139 cm³/mol. The number of aryl methyl sites for hydroxylation is 1. The van der Waals surface area contributed by atoms with Crippen molar-refractivity contribution in [2.75, 3.05) is 11.9 Å². The fraction of sp³-hybridized carbons (Fsp3) is 0.269. The second-order valence-corrected chi connectivity index (χ2v) is 11.8. The number of hydrogen-bond acceptors (Lipinski definition) is 5. The number of ether oxygens (including phenoxy) is 1. The van der Waals surface area contributed by atoms with Crippen LogP contribution in [-0.4, -0.2) is 36.1 Å². The van der Waals surface area contributed by atoms with Crippen LogP contribution in [0.5, 0.6) is 0 Å². The molecule has 0 radical (unpaired) electrons. The molecule has 0 aliphatic heterocycles. The van der Waals surface area contributed by atoms with Gasteiger partial charge in [0.2, 0.25) is 0 Å². The van der Waals surface area contributed by atoms with Gasteiger partial charge < -0.3 is 9.29 Å². The lowest BCUT2D eigenvalue weighted by Crippen LogP contribution is -2.39. The van der Waals surface area contributed by atoms with Crippen LogP contribution in [0.4, 0.5) is 8.78 Å². The maximum Gasteiger partial charge on any atom is 0.428 e. The first kappa shape index (κ1) is 30.0. The monoisotopic (exact) mass is 600 g/mol. The first-order valence-electron chi connectivity index (χ1n) is 11.1. The zero-order valence-electron chi connectivity index (χ0n) is 19.6. The largest absolute Gasteiger partial charge is 0.743 e. The average Bonchev–Trinajstić information content (AvgIpc) is 2.86. The molecule has 3 aromatic rings. The molecule has 36 heavy (non-hydrogen) atoms. The fourth-order valence-electron chi connectivity index (χ4n) is 2.92. The smallest absolute Gasteiger partial charge is 0.428 e. The van der Waals surface area contributed by atoms with Crippen molar-refractivity contribution in [1.82, 2.24) is 0 Å². The highest BCUT2D eigenvalue weighted by atomic mass is 79.9. The van der Waals surface area contributed by atoms with E-state index in [2.05, 4.69) is 113 Å². The Morgan fingerprint density at radius 2 is 1.33 bits per heavy atom. The number of hydrogen-bond donors (Lipinski definition) is 0. The molecule has 0 aromatic heterocycles. The number of rotatable bonds is 10. The zero-order valence-corrected chi connectivity index (χ0v) is 22.8. The van der Waals surface area contributed by atoms with E-state index in [0.717, 1.165) is 11.8 Å². The molecule has 3 rings (SSSR count). The third-order valence-corrected chi connectivity index (χ3v) is 8.36. The van der Waals surface area contributed by atoms with Crippen molar-refractivity contribution in [1.29, 1.82) is 0 Å². The van der Waals surface area contributed by atoms with Crippen LogP contribution in [0.1, 0.15) is 24.8 Å². The van der Waals surface area contributed by atoms with Gasteiger partial charge in [-0.1, -0.05) is 70.0 Å². The topological polar surface area (TPSA) is 83.5 Å². The molecule has 194 valence electrons. The molecular weight excluding hydrogens is 574 g/mol. The Bertz CT molecular complexity index is 1140. The highest BCUT2D eigenvalue weighted by molar-refractivity contribution is 9.09. The summed E-state index contributed by atoms with van der Waals surface area (Å²) in [5, 5.41) is -4.28.